The number of ether oxygens (including phenoxy) is 1. The molecule has 1 unspecified atom stereocenters. The van der Waals surface area contributed by atoms with Gasteiger partial charge >= 0.3 is 5.97 Å². The van der Waals surface area contributed by atoms with Gasteiger partial charge in [0.05, 0.1) is 0 Å². The van der Waals surface area contributed by atoms with Crippen molar-refractivity contribution in [3.05, 3.63) is 35.9 Å². The van der Waals surface area contributed by atoms with Crippen LogP contribution in [0, 0.1) is 0 Å². The van der Waals surface area contributed by atoms with Crippen LogP contribution in [0.1, 0.15) is 31.7 Å². The van der Waals surface area contributed by atoms with Crippen LogP contribution >= 0.6 is 12.2 Å². The second-order valence-electron chi connectivity index (χ2n) is 5.13. The molecule has 0 aliphatic carbocycles. The fourth-order valence-corrected chi connectivity index (χ4v) is 2.45. The lowest BCUT2D eigenvalue weighted by molar-refractivity contribution is -0.171. The van der Waals surface area contributed by atoms with Gasteiger partial charge < -0.3 is 15.8 Å². The molecule has 2 rings (SSSR count). The van der Waals surface area contributed by atoms with Crippen LogP contribution in [0.2, 0.25) is 0 Å². The summed E-state index contributed by atoms with van der Waals surface area (Å²) in [6, 6.07) is 7.90. The molecule has 0 aromatic heterocycles. The Kier molecular flexibility index (Phi) is 5.10. The first-order chi connectivity index (χ1) is 10.5. The molecular weight excluding hydrogens is 302 g/mol. The van der Waals surface area contributed by atoms with E-state index in [1.54, 1.807) is 30.3 Å². The van der Waals surface area contributed by atoms with Gasteiger partial charge in [-0.3, -0.25) is 14.9 Å². The molecule has 1 amide bonds. The molecule has 6 nitrogen and oxygen atoms in total. The standard InChI is InChI=1S/C15H19N3O3S/c1-2-3-9-11(16)12(19)21-15(10-7-5-4-6-8-10)13(20)17-14(22)18-15/h4-8,11H,2-3,9,16H2,1H3,(H2,17,18,20,22)/t11-,15?/m0/s1. The number of hydrogen-bond acceptors (Lipinski definition) is 5. The maximum absolute atomic E-state index is 12.3. The predicted octanol–water partition coefficient (Wildman–Crippen LogP) is 0.904. The minimum absolute atomic E-state index is 0.115. The molecule has 0 radical (unpaired) electrons. The van der Waals surface area contributed by atoms with Crippen molar-refractivity contribution in [1.82, 2.24) is 10.6 Å². The van der Waals surface area contributed by atoms with E-state index in [2.05, 4.69) is 10.6 Å². The maximum atomic E-state index is 12.3. The number of unbranched alkanes of at least 4 members (excludes halogenated alkanes) is 1. The average Bonchev–Trinajstić information content (AvgIpc) is 2.80. The zero-order valence-corrected chi connectivity index (χ0v) is 13.1. The molecule has 2 atom stereocenters. The van der Waals surface area contributed by atoms with Crippen LogP contribution in [0.15, 0.2) is 30.3 Å². The molecule has 4 N–H and O–H groups in total. The summed E-state index contributed by atoms with van der Waals surface area (Å²) in [7, 11) is 0. The van der Waals surface area contributed by atoms with Gasteiger partial charge in [-0.2, -0.15) is 0 Å². The van der Waals surface area contributed by atoms with Gasteiger partial charge in [-0.15, -0.1) is 0 Å². The number of esters is 1. The molecule has 0 saturated carbocycles. The minimum atomic E-state index is -1.65. The highest BCUT2D eigenvalue weighted by Crippen LogP contribution is 2.27. The van der Waals surface area contributed by atoms with Gasteiger partial charge in [0, 0.05) is 5.56 Å². The molecule has 0 bridgehead atoms. The van der Waals surface area contributed by atoms with E-state index in [-0.39, 0.29) is 5.11 Å². The molecule has 7 heteroatoms. The van der Waals surface area contributed by atoms with Gasteiger partial charge in [-0.1, -0.05) is 50.1 Å². The van der Waals surface area contributed by atoms with Gasteiger partial charge in [0.15, 0.2) is 5.11 Å². The van der Waals surface area contributed by atoms with E-state index in [4.69, 9.17) is 22.7 Å². The fraction of sp³-hybridized carbons (Fsp3) is 0.400. The summed E-state index contributed by atoms with van der Waals surface area (Å²) in [6.07, 6.45) is 2.24. The van der Waals surface area contributed by atoms with Crippen molar-refractivity contribution in [2.75, 3.05) is 0 Å². The zero-order valence-electron chi connectivity index (χ0n) is 12.3. The predicted molar refractivity (Wildman–Crippen MR) is 85.6 cm³/mol. The summed E-state index contributed by atoms with van der Waals surface area (Å²) in [5.74, 6) is -1.16. The van der Waals surface area contributed by atoms with Crippen LogP contribution < -0.4 is 16.4 Å². The number of amides is 1. The average molecular weight is 321 g/mol. The summed E-state index contributed by atoms with van der Waals surface area (Å²) in [6.45, 7) is 2.01. The second kappa shape index (κ2) is 6.85. The Hall–Kier alpha value is -1.99. The van der Waals surface area contributed by atoms with Gasteiger partial charge in [0.2, 0.25) is 0 Å². The lowest BCUT2D eigenvalue weighted by Gasteiger charge is -2.28. The van der Waals surface area contributed by atoms with Gasteiger partial charge in [-0.25, -0.2) is 0 Å². The van der Waals surface area contributed by atoms with Crippen molar-refractivity contribution in [3.63, 3.8) is 0 Å². The molecule has 1 fully saturated rings. The number of nitrogens with one attached hydrogen (secondary N) is 2. The third kappa shape index (κ3) is 3.26. The monoisotopic (exact) mass is 321 g/mol. The minimum Gasteiger partial charge on any atom is -0.424 e. The first-order valence-corrected chi connectivity index (χ1v) is 7.58. The smallest absolute Gasteiger partial charge is 0.325 e. The Labute approximate surface area is 134 Å². The number of rotatable bonds is 6. The lowest BCUT2D eigenvalue weighted by atomic mass is 10.0. The van der Waals surface area contributed by atoms with Gasteiger partial charge in [-0.05, 0) is 18.6 Å². The van der Waals surface area contributed by atoms with Crippen LogP contribution in [0.3, 0.4) is 0 Å². The van der Waals surface area contributed by atoms with Crippen molar-refractivity contribution in [3.8, 4) is 0 Å². The number of benzene rings is 1. The summed E-state index contributed by atoms with van der Waals surface area (Å²) >= 11 is 4.97. The Morgan fingerprint density at radius 2 is 2.09 bits per heavy atom. The number of carbonyl (C=O) groups is 2. The molecule has 1 aliphatic rings. The molecule has 1 aromatic carbocycles. The quantitative estimate of drug-likeness (QED) is 0.532. The molecular formula is C15H19N3O3S. The normalized spacial score (nSPS) is 21.9. The van der Waals surface area contributed by atoms with Crippen LogP contribution in [-0.4, -0.2) is 23.0 Å². The van der Waals surface area contributed by atoms with Crippen LogP contribution in [0.25, 0.3) is 0 Å². The number of hydrogen-bond donors (Lipinski definition) is 3. The fourth-order valence-electron chi connectivity index (χ4n) is 2.21. The van der Waals surface area contributed by atoms with Crippen LogP contribution in [-0.2, 0) is 20.1 Å². The molecule has 1 aliphatic heterocycles. The second-order valence-corrected chi connectivity index (χ2v) is 5.53. The molecule has 22 heavy (non-hydrogen) atoms. The van der Waals surface area contributed by atoms with Crippen molar-refractivity contribution in [2.24, 2.45) is 5.73 Å². The van der Waals surface area contributed by atoms with Crippen LogP contribution in [0.4, 0.5) is 0 Å². The lowest BCUT2D eigenvalue weighted by Crippen LogP contribution is -2.50. The van der Waals surface area contributed by atoms with Crippen molar-refractivity contribution in [2.45, 2.75) is 38.0 Å². The molecule has 1 saturated heterocycles. The van der Waals surface area contributed by atoms with E-state index in [9.17, 15) is 9.59 Å². The third-order valence-electron chi connectivity index (χ3n) is 3.44. The summed E-state index contributed by atoms with van der Waals surface area (Å²) in [5.41, 5.74) is 4.67. The summed E-state index contributed by atoms with van der Waals surface area (Å²) in [5, 5.41) is 5.32. The van der Waals surface area contributed by atoms with Crippen molar-refractivity contribution in [1.29, 1.82) is 0 Å². The van der Waals surface area contributed by atoms with Crippen LogP contribution in [0.5, 0.6) is 0 Å². The highest BCUT2D eigenvalue weighted by Gasteiger charge is 2.50. The third-order valence-corrected chi connectivity index (χ3v) is 3.65. The number of thiocarbonyl (C=S) groups is 1. The Morgan fingerprint density at radius 1 is 1.41 bits per heavy atom. The van der Waals surface area contributed by atoms with E-state index in [0.29, 0.717) is 12.0 Å². The van der Waals surface area contributed by atoms with E-state index >= 15 is 0 Å². The maximum Gasteiger partial charge on any atom is 0.325 e. The largest absolute Gasteiger partial charge is 0.424 e. The molecule has 1 aromatic rings. The number of carbonyl (C=O) groups excluding carboxylic acids is 2. The van der Waals surface area contributed by atoms with Gasteiger partial charge in [0.1, 0.15) is 6.04 Å². The molecule has 118 valence electrons. The van der Waals surface area contributed by atoms with E-state index in [0.717, 1.165) is 12.8 Å². The van der Waals surface area contributed by atoms with E-state index in [1.807, 2.05) is 6.92 Å². The molecule has 1 heterocycles. The molecule has 0 spiro atoms. The first kappa shape index (κ1) is 16.4. The zero-order chi connectivity index (χ0) is 16.2. The van der Waals surface area contributed by atoms with Crippen molar-refractivity contribution < 1.29 is 14.3 Å². The Morgan fingerprint density at radius 3 is 2.64 bits per heavy atom. The van der Waals surface area contributed by atoms with E-state index < -0.39 is 23.6 Å². The topological polar surface area (TPSA) is 93.5 Å². The highest BCUT2D eigenvalue weighted by molar-refractivity contribution is 7.80. The number of nitrogens with two attached hydrogens (primary N) is 1. The summed E-state index contributed by atoms with van der Waals surface area (Å²) in [4.78, 5) is 24.5. The highest BCUT2D eigenvalue weighted by atomic mass is 32.1. The van der Waals surface area contributed by atoms with Crippen molar-refractivity contribution >= 4 is 29.2 Å². The Bertz CT molecular complexity index is 579. The van der Waals surface area contributed by atoms with E-state index in [1.165, 1.54) is 0 Å². The first-order valence-electron chi connectivity index (χ1n) is 7.17. The summed E-state index contributed by atoms with van der Waals surface area (Å²) < 4.78 is 5.45. The van der Waals surface area contributed by atoms with Gasteiger partial charge in [0.25, 0.3) is 11.6 Å². The Balaban J connectivity index is 2.26. The SMILES string of the molecule is CCCC[C@H](N)C(=O)OC1(c2ccccc2)NC(=S)NC1=O.